The number of carbonyl (C=O) groups excluding carboxylic acids is 1. The number of hydrogen-bond acceptors (Lipinski definition) is 9. The number of anilines is 1. The van der Waals surface area contributed by atoms with Gasteiger partial charge in [-0.05, 0) is 77.7 Å². The van der Waals surface area contributed by atoms with Crippen LogP contribution in [0.3, 0.4) is 0 Å². The van der Waals surface area contributed by atoms with Crippen LogP contribution in [0.25, 0.3) is 9.69 Å². The van der Waals surface area contributed by atoms with Gasteiger partial charge in [0.1, 0.15) is 16.5 Å². The number of aliphatic hydroxyl groups is 3. The second kappa shape index (κ2) is 15.1. The lowest BCUT2D eigenvalue weighted by Gasteiger charge is -2.40. The smallest absolute Gasteiger partial charge is 0.253 e. The van der Waals surface area contributed by atoms with E-state index in [0.29, 0.717) is 42.5 Å². The van der Waals surface area contributed by atoms with Gasteiger partial charge in [-0.2, -0.15) is 0 Å². The normalized spacial score (nSPS) is 20.2. The van der Waals surface area contributed by atoms with Crippen LogP contribution in [-0.4, -0.2) is 94.3 Å². The van der Waals surface area contributed by atoms with Crippen molar-refractivity contribution in [2.24, 2.45) is 5.41 Å². The van der Waals surface area contributed by atoms with Crippen LogP contribution in [0, 0.1) is 32.4 Å². The van der Waals surface area contributed by atoms with Gasteiger partial charge in [-0.25, -0.2) is 9.69 Å². The highest BCUT2D eigenvalue weighted by Gasteiger charge is 2.49. The summed E-state index contributed by atoms with van der Waals surface area (Å²) in [4.78, 5) is 31.2. The van der Waals surface area contributed by atoms with Crippen molar-refractivity contribution in [1.29, 1.82) is 0 Å². The number of aliphatic hydroxyl groups excluding tert-OH is 3. The number of ether oxygens (including phenoxy) is 2. The fraction of sp³-hybridized carbons (Fsp3) is 0.441. The van der Waals surface area contributed by atoms with Crippen LogP contribution in [0.5, 0.6) is 11.5 Å². The number of carbonyl (C=O) groups is 1. The van der Waals surface area contributed by atoms with Crippen molar-refractivity contribution in [2.45, 2.75) is 51.9 Å². The summed E-state index contributed by atoms with van der Waals surface area (Å²) < 4.78 is 12.6. The average molecular weight is 708 g/mol. The summed E-state index contributed by atoms with van der Waals surface area (Å²) >= 11 is 3.21. The number of methoxy groups -OCH3 is 1. The van der Waals surface area contributed by atoms with Crippen LogP contribution >= 0.6 is 15.9 Å². The number of likely N-dealkylation sites (tertiary alicyclic amines) is 1. The lowest BCUT2D eigenvalue weighted by Crippen LogP contribution is -2.54. The van der Waals surface area contributed by atoms with Crippen molar-refractivity contribution in [3.8, 4) is 11.5 Å². The predicted molar refractivity (Wildman–Crippen MR) is 180 cm³/mol. The van der Waals surface area contributed by atoms with Gasteiger partial charge in [0.05, 0.1) is 46.1 Å². The molecule has 0 aliphatic carbocycles. The Labute approximate surface area is 283 Å². The molecule has 4 heterocycles. The number of benzene rings is 1. The van der Waals surface area contributed by atoms with Crippen molar-refractivity contribution in [3.63, 3.8) is 0 Å². The summed E-state index contributed by atoms with van der Waals surface area (Å²) in [6, 6.07) is 9.36. The average Bonchev–Trinajstić information content (AvgIpc) is 3.40. The number of aryl methyl sites for hydroxylation is 2. The van der Waals surface area contributed by atoms with Gasteiger partial charge in [0.15, 0.2) is 17.6 Å². The first-order chi connectivity index (χ1) is 22.3. The van der Waals surface area contributed by atoms with Crippen LogP contribution in [0.1, 0.15) is 36.5 Å². The van der Waals surface area contributed by atoms with Crippen LogP contribution in [0.15, 0.2) is 47.3 Å². The van der Waals surface area contributed by atoms with E-state index in [-0.39, 0.29) is 18.6 Å². The van der Waals surface area contributed by atoms with Gasteiger partial charge in [0.25, 0.3) is 5.91 Å². The van der Waals surface area contributed by atoms with Crippen molar-refractivity contribution >= 4 is 39.0 Å². The van der Waals surface area contributed by atoms with Crippen molar-refractivity contribution < 1.29 is 29.6 Å². The number of aromatic nitrogens is 2. The van der Waals surface area contributed by atoms with Gasteiger partial charge in [0, 0.05) is 36.8 Å². The molecule has 47 heavy (non-hydrogen) atoms. The molecule has 2 aliphatic heterocycles. The Morgan fingerprint density at radius 3 is 2.26 bits per heavy atom. The Kier molecular flexibility index (Phi) is 11.4. The zero-order valence-electron chi connectivity index (χ0n) is 27.0. The molecule has 0 spiro atoms. The second-order valence-corrected chi connectivity index (χ2v) is 12.9. The standard InChI is InChI=1S/C27H34N4O6.C7H5BrN2/c1-16-8-25(29-10-21(16)28-4)30-11-19(12-30)37-24-9-18(6-7-23(24)36-5)20-13-31(26(35)22(34)14-32)15-27(20,3)17(2)33;1-5-3-7(8)10-4-6(5)9-2/h6-10,17,19-20,22,32-34H,11-15H2,1-3,5H3;3-4H,1H3/t17-,20+,22+,27+;/m1./s1. The Morgan fingerprint density at radius 1 is 1.06 bits per heavy atom. The molecular weight excluding hydrogens is 668 g/mol. The maximum absolute atomic E-state index is 12.6. The van der Waals surface area contributed by atoms with E-state index in [0.717, 1.165) is 27.1 Å². The Bertz CT molecular complexity index is 1680. The molecule has 0 unspecified atom stereocenters. The Hall–Kier alpha value is -4.27. The fourth-order valence-corrected chi connectivity index (χ4v) is 6.16. The van der Waals surface area contributed by atoms with Gasteiger partial charge >= 0.3 is 0 Å². The van der Waals surface area contributed by atoms with E-state index < -0.39 is 30.1 Å². The summed E-state index contributed by atoms with van der Waals surface area (Å²) in [6.07, 6.45) is 0.859. The molecule has 3 aromatic rings. The van der Waals surface area contributed by atoms with Crippen LogP contribution in [0.2, 0.25) is 0 Å². The zero-order valence-corrected chi connectivity index (χ0v) is 28.6. The van der Waals surface area contributed by atoms with E-state index in [9.17, 15) is 20.1 Å². The van der Waals surface area contributed by atoms with Gasteiger partial charge in [-0.1, -0.05) is 13.0 Å². The SMILES string of the molecule is [C-]#[N+]c1cnc(Br)cc1C.[C-]#[N+]c1cnc(N2CC(Oc3cc([C@@H]4CN(C(=O)[C@@H](O)CO)C[C@@]4(C)[C@@H](C)O)ccc3OC)C2)cc1C. The van der Waals surface area contributed by atoms with Crippen LogP contribution < -0.4 is 14.4 Å². The molecule has 2 aliphatic rings. The molecule has 0 saturated carbocycles. The molecule has 0 radical (unpaired) electrons. The van der Waals surface area contributed by atoms with Gasteiger partial charge in [0.2, 0.25) is 11.4 Å². The lowest BCUT2D eigenvalue weighted by atomic mass is 9.72. The molecule has 248 valence electrons. The molecule has 12 nitrogen and oxygen atoms in total. The maximum atomic E-state index is 12.6. The highest BCUT2D eigenvalue weighted by atomic mass is 79.9. The van der Waals surface area contributed by atoms with Crippen molar-refractivity contribution in [2.75, 3.05) is 44.8 Å². The van der Waals surface area contributed by atoms with E-state index in [4.69, 9.17) is 22.6 Å². The summed E-state index contributed by atoms with van der Waals surface area (Å²) in [5, 5.41) is 29.8. The van der Waals surface area contributed by atoms with E-state index in [1.54, 1.807) is 26.4 Å². The lowest BCUT2D eigenvalue weighted by molar-refractivity contribution is -0.141. The minimum absolute atomic E-state index is 0.0868. The molecule has 4 atom stereocenters. The second-order valence-electron chi connectivity index (χ2n) is 12.1. The maximum Gasteiger partial charge on any atom is 0.253 e. The van der Waals surface area contributed by atoms with Gasteiger partial charge in [-0.15, -0.1) is 0 Å². The number of hydrogen-bond donors (Lipinski definition) is 3. The quantitative estimate of drug-likeness (QED) is 0.227. The van der Waals surface area contributed by atoms with Gasteiger partial charge in [-0.3, -0.25) is 14.8 Å². The number of nitrogens with zero attached hydrogens (tertiary/aromatic N) is 6. The summed E-state index contributed by atoms with van der Waals surface area (Å²) in [7, 11) is 1.58. The molecule has 1 aromatic carbocycles. The highest BCUT2D eigenvalue weighted by molar-refractivity contribution is 9.10. The van der Waals surface area contributed by atoms with Crippen LogP contribution in [-0.2, 0) is 4.79 Å². The minimum atomic E-state index is -1.48. The Morgan fingerprint density at radius 2 is 1.70 bits per heavy atom. The molecule has 2 aromatic heterocycles. The zero-order chi connectivity index (χ0) is 34.5. The first-order valence-corrected chi connectivity index (χ1v) is 15.8. The minimum Gasteiger partial charge on any atom is -0.493 e. The Balaban J connectivity index is 0.000000427. The molecule has 5 rings (SSSR count). The molecule has 13 heteroatoms. The molecule has 2 saturated heterocycles. The molecule has 1 amide bonds. The molecular formula is C34H39BrN6O6. The van der Waals surface area contributed by atoms with E-state index in [1.807, 2.05) is 51.1 Å². The summed E-state index contributed by atoms with van der Waals surface area (Å²) in [5.74, 6) is 1.19. The topological polar surface area (TPSA) is 137 Å². The predicted octanol–water partition coefficient (Wildman–Crippen LogP) is 4.59. The third-order valence-corrected chi connectivity index (χ3v) is 9.30. The molecule has 0 bridgehead atoms. The highest BCUT2D eigenvalue weighted by Crippen LogP contribution is 2.47. The largest absolute Gasteiger partial charge is 0.493 e. The summed E-state index contributed by atoms with van der Waals surface area (Å²) in [5.41, 5.74) is 3.22. The third kappa shape index (κ3) is 7.83. The van der Waals surface area contributed by atoms with Crippen LogP contribution in [0.4, 0.5) is 17.2 Å². The van der Waals surface area contributed by atoms with Crippen molar-refractivity contribution in [1.82, 2.24) is 14.9 Å². The van der Waals surface area contributed by atoms with E-state index >= 15 is 0 Å². The molecule has 2 fully saturated rings. The third-order valence-electron chi connectivity index (χ3n) is 8.87. The first-order valence-electron chi connectivity index (χ1n) is 15.0. The van der Waals surface area contributed by atoms with Crippen molar-refractivity contribution in [3.05, 3.63) is 86.9 Å². The van der Waals surface area contributed by atoms with E-state index in [1.165, 1.54) is 4.90 Å². The number of pyridine rings is 2. The number of amides is 1. The number of rotatable bonds is 8. The van der Waals surface area contributed by atoms with Gasteiger partial charge < -0.3 is 34.6 Å². The number of halogens is 1. The first kappa shape index (κ1) is 35.6. The fourth-order valence-electron chi connectivity index (χ4n) is 5.72. The summed E-state index contributed by atoms with van der Waals surface area (Å²) in [6.45, 7) is 22.5. The monoisotopic (exact) mass is 706 g/mol. The van der Waals surface area contributed by atoms with E-state index in [2.05, 4.69) is 40.5 Å². The molecule has 3 N–H and O–H groups in total.